The van der Waals surface area contributed by atoms with Gasteiger partial charge in [-0.25, -0.2) is 19.5 Å². The highest BCUT2D eigenvalue weighted by Gasteiger charge is 2.49. The molecule has 2 aromatic heterocycles. The summed E-state index contributed by atoms with van der Waals surface area (Å²) < 4.78 is 43.9. The van der Waals surface area contributed by atoms with E-state index in [0.29, 0.717) is 47.1 Å². The second kappa shape index (κ2) is 20.4. The number of aromatic nitrogens is 3. The third kappa shape index (κ3) is 9.79. The normalized spacial score (nSPS) is 17.1. The van der Waals surface area contributed by atoms with Crippen LogP contribution in [0.25, 0.3) is 11.1 Å². The van der Waals surface area contributed by atoms with E-state index in [0.717, 1.165) is 36.9 Å². The number of benzene rings is 2. The van der Waals surface area contributed by atoms with E-state index in [-0.39, 0.29) is 43.2 Å². The Hall–Kier alpha value is -5.78. The van der Waals surface area contributed by atoms with E-state index in [9.17, 15) is 19.2 Å². The van der Waals surface area contributed by atoms with Crippen molar-refractivity contribution in [2.75, 3.05) is 70.3 Å². The number of nitrogens with one attached hydrogen (secondary N) is 2. The second-order valence-corrected chi connectivity index (χ2v) is 15.1. The third-order valence-electron chi connectivity index (χ3n) is 11.0. The molecule has 0 radical (unpaired) electrons. The van der Waals surface area contributed by atoms with Gasteiger partial charge in [0.1, 0.15) is 12.3 Å². The lowest BCUT2D eigenvalue weighted by molar-refractivity contribution is -0.233. The van der Waals surface area contributed by atoms with Crippen LogP contribution >= 0.6 is 9.47 Å². The Balaban J connectivity index is 1.12. The first kappa shape index (κ1) is 45.7. The highest BCUT2D eigenvalue weighted by molar-refractivity contribution is 7.09. The fourth-order valence-electron chi connectivity index (χ4n) is 7.83. The predicted octanol–water partition coefficient (Wildman–Crippen LogP) is 5.85. The lowest BCUT2D eigenvalue weighted by Gasteiger charge is -2.49. The number of rotatable bonds is 16. The molecule has 2 aromatic carbocycles. The van der Waals surface area contributed by atoms with Crippen molar-refractivity contribution in [2.45, 2.75) is 50.2 Å². The van der Waals surface area contributed by atoms with Crippen molar-refractivity contribution in [1.82, 2.24) is 19.0 Å². The number of piperidine rings is 1. The molecule has 1 unspecified atom stereocenters. The van der Waals surface area contributed by atoms with Crippen LogP contribution in [0.2, 0.25) is 0 Å². The van der Waals surface area contributed by atoms with Gasteiger partial charge in [0.25, 0.3) is 5.91 Å². The van der Waals surface area contributed by atoms with E-state index < -0.39 is 30.0 Å². The largest absolute Gasteiger partial charge is 0.493 e. The molecule has 1 saturated heterocycles. The molecule has 0 spiro atoms. The van der Waals surface area contributed by atoms with Crippen LogP contribution in [-0.4, -0.2) is 110 Å². The molecule has 0 bridgehead atoms. The minimum Gasteiger partial charge on any atom is -0.493 e. The molecule has 1 fully saturated rings. The minimum atomic E-state index is -1.31. The minimum absolute atomic E-state index is 0.0237. The van der Waals surface area contributed by atoms with Gasteiger partial charge in [-0.2, -0.15) is 0 Å². The monoisotopic (exact) mass is 875 g/mol. The summed E-state index contributed by atoms with van der Waals surface area (Å²) in [6.45, 7) is 4.87. The van der Waals surface area contributed by atoms with E-state index in [2.05, 4.69) is 36.6 Å². The van der Waals surface area contributed by atoms with Crippen molar-refractivity contribution in [3.8, 4) is 22.6 Å². The van der Waals surface area contributed by atoms with Crippen LogP contribution in [0.4, 0.5) is 22.0 Å². The topological polar surface area (TPSA) is 186 Å². The predicted molar refractivity (Wildman–Crippen MR) is 233 cm³/mol. The van der Waals surface area contributed by atoms with Gasteiger partial charge in [0, 0.05) is 79.5 Å². The molecule has 18 nitrogen and oxygen atoms in total. The number of hydrogen-bond donors (Lipinski definition) is 2. The average molecular weight is 876 g/mol. The Morgan fingerprint density at radius 1 is 0.952 bits per heavy atom. The molecule has 0 saturated carbocycles. The number of nitrogens with zero attached hydrogens (tertiary/aromatic N) is 5. The molecule has 2 aliphatic rings. The van der Waals surface area contributed by atoms with Crippen molar-refractivity contribution in [2.24, 2.45) is 14.1 Å². The van der Waals surface area contributed by atoms with Crippen LogP contribution in [0.1, 0.15) is 58.8 Å². The molecule has 6 rings (SSSR count). The summed E-state index contributed by atoms with van der Waals surface area (Å²) in [5.41, 5.74) is 3.49. The van der Waals surface area contributed by atoms with Gasteiger partial charge in [0.15, 0.2) is 23.5 Å². The number of esters is 1. The SMILES string of the molecule is C=CCOC(=O)N1c2cc(OCCCC(=O)Nc3cn(C)c(C(=O)Nc4ccc(-c5cc(C(=O)OC)n(C)c5)cc4)n3)c(OC)cc2C(OC)(OC)CN2CCCC[C@H]2[C@@H]1OP. The number of fused-ring (bicyclic) bond motifs is 2. The molecule has 4 aromatic rings. The van der Waals surface area contributed by atoms with Crippen LogP contribution in [0.3, 0.4) is 0 Å². The first-order valence-electron chi connectivity index (χ1n) is 20.0. The number of imidazole rings is 1. The van der Waals surface area contributed by atoms with Crippen LogP contribution in [0, 0.1) is 0 Å². The van der Waals surface area contributed by atoms with Gasteiger partial charge in [-0.3, -0.25) is 14.5 Å². The zero-order valence-electron chi connectivity index (χ0n) is 35.8. The zero-order chi connectivity index (χ0) is 44.6. The van der Waals surface area contributed by atoms with Crippen molar-refractivity contribution < 1.29 is 52.1 Å². The van der Waals surface area contributed by atoms with Crippen LogP contribution in [0.15, 0.2) is 67.5 Å². The molecule has 2 aliphatic heterocycles. The lowest BCUT2D eigenvalue weighted by Crippen LogP contribution is -2.61. The standard InChI is InChI=1S/C43H54N7O11P/c1-8-19-60-42(54)50-32-23-35(34(55-4)22-30(32)43(57-6,58-7)26-49-18-10-9-12-31(49)40(50)61-62)59-20-11-13-37(51)45-36-25-48(3)38(46-36)39(52)44-29-16-14-27(15-17-29)28-21-33(41(53)56-5)47(2)24-28/h8,14-17,21-25,31,40H,1,9-13,18-20,26,62H2,2-7H3,(H,44,52)(H,45,51)/t31-,40-/m0/s1. The van der Waals surface area contributed by atoms with Gasteiger partial charge < -0.3 is 52.7 Å². The van der Waals surface area contributed by atoms with E-state index in [1.165, 1.54) is 29.8 Å². The lowest BCUT2D eigenvalue weighted by atomic mass is 9.92. The molecule has 4 heterocycles. The first-order valence-corrected chi connectivity index (χ1v) is 20.5. The van der Waals surface area contributed by atoms with Gasteiger partial charge in [-0.05, 0) is 55.6 Å². The van der Waals surface area contributed by atoms with Gasteiger partial charge in [-0.15, -0.1) is 0 Å². The van der Waals surface area contributed by atoms with Crippen molar-refractivity contribution in [1.29, 1.82) is 0 Å². The van der Waals surface area contributed by atoms with Gasteiger partial charge in [0.05, 0.1) is 39.1 Å². The Morgan fingerprint density at radius 3 is 2.39 bits per heavy atom. The molecule has 0 aliphatic carbocycles. The zero-order valence-corrected chi connectivity index (χ0v) is 37.0. The molecule has 3 amide bonds. The molecule has 2 N–H and O–H groups in total. The Bertz CT molecular complexity index is 2260. The average Bonchev–Trinajstić information content (AvgIpc) is 3.86. The summed E-state index contributed by atoms with van der Waals surface area (Å²) in [7, 11) is 11.7. The summed E-state index contributed by atoms with van der Waals surface area (Å²) in [6, 6.07) is 12.1. The maximum Gasteiger partial charge on any atom is 0.416 e. The second-order valence-electron chi connectivity index (χ2n) is 14.8. The van der Waals surface area contributed by atoms with Crippen LogP contribution < -0.4 is 25.0 Å². The van der Waals surface area contributed by atoms with E-state index in [4.69, 9.17) is 32.9 Å². The van der Waals surface area contributed by atoms with Crippen molar-refractivity contribution >= 4 is 50.5 Å². The molecule has 19 heteroatoms. The van der Waals surface area contributed by atoms with Crippen molar-refractivity contribution in [3.05, 3.63) is 84.6 Å². The fourth-order valence-corrected chi connectivity index (χ4v) is 8.13. The number of carbonyl (C=O) groups excluding carboxylic acids is 4. The first-order chi connectivity index (χ1) is 29.9. The van der Waals surface area contributed by atoms with E-state index in [1.807, 2.05) is 18.3 Å². The number of hydrogen-bond acceptors (Lipinski definition) is 13. The third-order valence-corrected chi connectivity index (χ3v) is 11.2. The van der Waals surface area contributed by atoms with E-state index >= 15 is 0 Å². The van der Waals surface area contributed by atoms with Crippen molar-refractivity contribution in [3.63, 3.8) is 0 Å². The fraction of sp³-hybridized carbons (Fsp3) is 0.419. The number of ether oxygens (including phenoxy) is 6. The summed E-state index contributed by atoms with van der Waals surface area (Å²) in [5, 5.41) is 5.58. The Labute approximate surface area is 362 Å². The van der Waals surface area contributed by atoms with Gasteiger partial charge in [-0.1, -0.05) is 31.2 Å². The summed E-state index contributed by atoms with van der Waals surface area (Å²) in [4.78, 5) is 60.2. The molecular formula is C43H54N7O11P. The highest BCUT2D eigenvalue weighted by atomic mass is 31.0. The van der Waals surface area contributed by atoms with Crippen LogP contribution in [-0.2, 0) is 48.1 Å². The molecule has 62 heavy (non-hydrogen) atoms. The summed E-state index contributed by atoms with van der Waals surface area (Å²) >= 11 is 0. The Morgan fingerprint density at radius 2 is 1.71 bits per heavy atom. The quantitative estimate of drug-likeness (QED) is 0.0450. The summed E-state index contributed by atoms with van der Waals surface area (Å²) in [6.07, 6.45) is 6.46. The number of carbonyl (C=O) groups is 4. The number of methoxy groups -OCH3 is 4. The maximum absolute atomic E-state index is 13.9. The van der Waals surface area contributed by atoms with Gasteiger partial charge in [0.2, 0.25) is 17.5 Å². The highest BCUT2D eigenvalue weighted by Crippen LogP contribution is 2.46. The maximum atomic E-state index is 13.9. The number of amides is 3. The number of anilines is 3. The van der Waals surface area contributed by atoms with E-state index in [1.54, 1.807) is 69.4 Å². The number of aryl methyl sites for hydroxylation is 2. The smallest absolute Gasteiger partial charge is 0.416 e. The molecular weight excluding hydrogens is 821 g/mol. The molecule has 332 valence electrons. The molecule has 3 atom stereocenters. The van der Waals surface area contributed by atoms with Crippen LogP contribution in [0.5, 0.6) is 11.5 Å². The van der Waals surface area contributed by atoms with Gasteiger partial charge >= 0.3 is 12.1 Å². The summed E-state index contributed by atoms with van der Waals surface area (Å²) in [5.74, 6) is -1.60. The Kier molecular flexibility index (Phi) is 15.0.